The Balaban J connectivity index is 2.06. The van der Waals surface area contributed by atoms with Crippen LogP contribution in [0.3, 0.4) is 0 Å². The van der Waals surface area contributed by atoms with E-state index in [9.17, 15) is 28.8 Å². The van der Waals surface area contributed by atoms with Crippen LogP contribution in [0.25, 0.3) is 0 Å². The third-order valence-corrected chi connectivity index (χ3v) is 9.94. The lowest BCUT2D eigenvalue weighted by Crippen LogP contribution is -2.72. The number of rotatable bonds is 4. The number of ether oxygens (including phenoxy) is 9. The first-order valence-corrected chi connectivity index (χ1v) is 17.5. The summed E-state index contributed by atoms with van der Waals surface area (Å²) in [7, 11) is 0. The molecule has 0 aromatic rings. The summed E-state index contributed by atoms with van der Waals surface area (Å²) in [5.41, 5.74) is -8.37. The minimum atomic E-state index is -2.16. The Labute approximate surface area is 308 Å². The number of Topliss-reactive ketones (excluding diaryl/α,β-unsaturated/α-hetero) is 2. The minimum absolute atomic E-state index is 0.0571. The van der Waals surface area contributed by atoms with E-state index < -0.39 is 118 Å². The summed E-state index contributed by atoms with van der Waals surface area (Å²) >= 11 is 0. The number of hydrogen-bond acceptors (Lipinski definition) is 16. The zero-order chi connectivity index (χ0) is 40.4. The zero-order valence-electron chi connectivity index (χ0n) is 32.9. The fourth-order valence-electron chi connectivity index (χ4n) is 7.83. The molecule has 1 aliphatic heterocycles. The van der Waals surface area contributed by atoms with Crippen LogP contribution in [0.5, 0.6) is 0 Å². The highest BCUT2D eigenvalue weighted by molar-refractivity contribution is 6.02. The summed E-state index contributed by atoms with van der Waals surface area (Å²) in [6.07, 6.45) is -13.6. The van der Waals surface area contributed by atoms with E-state index in [1.54, 1.807) is 83.1 Å². The number of ketones is 2. The maximum absolute atomic E-state index is 15.5. The molecule has 0 unspecified atom stereocenters. The Bertz CT molecular complexity index is 1600. The topological polar surface area (TPSA) is 203 Å². The van der Waals surface area contributed by atoms with Gasteiger partial charge in [-0.15, -0.1) is 0 Å². The molecule has 0 aromatic heterocycles. The molecule has 4 aliphatic rings. The van der Waals surface area contributed by atoms with Crippen LogP contribution in [0, 0.1) is 16.7 Å². The molecular weight excluding hydrogens is 700 g/mol. The van der Waals surface area contributed by atoms with E-state index in [0.717, 1.165) is 6.92 Å². The highest BCUT2D eigenvalue weighted by Gasteiger charge is 2.76. The van der Waals surface area contributed by atoms with Gasteiger partial charge in [0.2, 0.25) is 0 Å². The van der Waals surface area contributed by atoms with E-state index in [1.807, 2.05) is 0 Å². The number of hydrogen-bond donors (Lipinski definition) is 0. The monoisotopic (exact) mass is 752 g/mol. The van der Waals surface area contributed by atoms with Gasteiger partial charge in [0, 0.05) is 25.2 Å². The van der Waals surface area contributed by atoms with Crippen LogP contribution in [0.1, 0.15) is 110 Å². The molecule has 0 amide bonds. The van der Waals surface area contributed by atoms with Crippen molar-refractivity contribution in [1.82, 2.24) is 0 Å². The summed E-state index contributed by atoms with van der Waals surface area (Å²) < 4.78 is 51.1. The lowest BCUT2D eigenvalue weighted by molar-refractivity contribution is -0.201. The largest absolute Gasteiger partial charge is 0.509 e. The average Bonchev–Trinajstić information content (AvgIpc) is 3.26. The van der Waals surface area contributed by atoms with E-state index >= 15 is 4.79 Å². The minimum Gasteiger partial charge on any atom is -0.454 e. The molecule has 16 heteroatoms. The Morgan fingerprint density at radius 2 is 1.21 bits per heavy atom. The summed E-state index contributed by atoms with van der Waals surface area (Å²) in [6, 6.07) is 0. The normalized spacial score (nSPS) is 32.4. The predicted octanol–water partition coefficient (Wildman–Crippen LogP) is 6.08. The van der Waals surface area contributed by atoms with Crippen LogP contribution in [-0.2, 0) is 57.0 Å². The molecule has 8 atom stereocenters. The fraction of sp³-hybridized carbons (Fsp3) is 0.757. The Kier molecular flexibility index (Phi) is 10.5. The summed E-state index contributed by atoms with van der Waals surface area (Å²) in [6.45, 7) is 21.6. The van der Waals surface area contributed by atoms with Crippen LogP contribution in [-0.4, -0.2) is 95.1 Å². The highest BCUT2D eigenvalue weighted by Crippen LogP contribution is 2.63. The Morgan fingerprint density at radius 3 is 1.70 bits per heavy atom. The first-order valence-electron chi connectivity index (χ1n) is 17.5. The van der Waals surface area contributed by atoms with Crippen molar-refractivity contribution in [2.75, 3.05) is 0 Å². The number of esters is 1. The summed E-state index contributed by atoms with van der Waals surface area (Å²) in [4.78, 5) is 95.7. The third-order valence-electron chi connectivity index (χ3n) is 9.94. The van der Waals surface area contributed by atoms with Crippen molar-refractivity contribution in [2.24, 2.45) is 16.7 Å². The quantitative estimate of drug-likeness (QED) is 0.181. The predicted molar refractivity (Wildman–Crippen MR) is 180 cm³/mol. The molecule has 2 bridgehead atoms. The zero-order valence-corrected chi connectivity index (χ0v) is 32.9. The molecule has 16 nitrogen and oxygen atoms in total. The maximum Gasteiger partial charge on any atom is 0.509 e. The van der Waals surface area contributed by atoms with E-state index in [1.165, 1.54) is 6.92 Å². The number of fused-ring (bicyclic) bond motifs is 3. The fourth-order valence-corrected chi connectivity index (χ4v) is 7.83. The Hall–Kier alpha value is -4.37. The van der Waals surface area contributed by atoms with Gasteiger partial charge in [-0.25, -0.2) is 19.2 Å². The standard InChI is InChI=1S/C37H52O16/c1-17-20(46-28(41)50-32(3,4)5)16-37-27(49-31(44)53-37)23-24(39)19(45-18(2)38)15-21(47-29(42)51-33(6,7)8)36(23,14)26(40)25(22(17)35(37,12)13)48-30(43)52-34(9,10)11/h19-21,23,25,27H,15-16H2,1-14H3/t19-,20-,21-,23-,25+,27-,36+,37+/m0/s1. The van der Waals surface area contributed by atoms with Crippen LogP contribution in [0.4, 0.5) is 19.2 Å². The van der Waals surface area contributed by atoms with Crippen molar-refractivity contribution in [2.45, 2.75) is 163 Å². The smallest absolute Gasteiger partial charge is 0.454 e. The van der Waals surface area contributed by atoms with E-state index in [4.69, 9.17) is 42.6 Å². The second kappa shape index (κ2) is 13.5. The first kappa shape index (κ1) is 41.4. The van der Waals surface area contributed by atoms with Crippen LogP contribution < -0.4 is 0 Å². The SMILES string of the molecule is CC(=O)O[C@H]1C[C@H](OC(=O)OC(C)(C)C)[C@@]2(C)C(=O)[C@H](OC(=O)OC(C)(C)C)C3=C(C)[C@@H](OC(=O)OC(C)(C)C)C[C@]4(OC(=O)O[C@H]4[C@@H]2C1=O)C3(C)C. The molecule has 2 saturated carbocycles. The average molecular weight is 753 g/mol. The van der Waals surface area contributed by atoms with Crippen molar-refractivity contribution < 1.29 is 76.2 Å². The molecule has 0 radical (unpaired) electrons. The van der Waals surface area contributed by atoms with Gasteiger partial charge >= 0.3 is 30.6 Å². The number of carbonyl (C=O) groups excluding carboxylic acids is 7. The van der Waals surface area contributed by atoms with Gasteiger partial charge in [0.1, 0.15) is 29.0 Å². The molecule has 1 spiro atoms. The van der Waals surface area contributed by atoms with Gasteiger partial charge < -0.3 is 42.6 Å². The third kappa shape index (κ3) is 7.96. The maximum atomic E-state index is 15.5. The van der Waals surface area contributed by atoms with Gasteiger partial charge in [0.15, 0.2) is 35.5 Å². The molecule has 0 N–H and O–H groups in total. The van der Waals surface area contributed by atoms with Crippen LogP contribution in [0.15, 0.2) is 11.1 Å². The van der Waals surface area contributed by atoms with E-state index in [0.29, 0.717) is 0 Å². The molecule has 296 valence electrons. The van der Waals surface area contributed by atoms with Gasteiger partial charge in [-0.1, -0.05) is 13.8 Å². The van der Waals surface area contributed by atoms with E-state index in [-0.39, 0.29) is 17.6 Å². The van der Waals surface area contributed by atoms with Gasteiger partial charge in [0.05, 0.1) is 11.3 Å². The molecule has 0 aromatic carbocycles. The van der Waals surface area contributed by atoms with Crippen molar-refractivity contribution in [3.8, 4) is 0 Å². The summed E-state index contributed by atoms with van der Waals surface area (Å²) in [5.74, 6) is -4.41. The second-order valence-electron chi connectivity index (χ2n) is 17.7. The van der Waals surface area contributed by atoms with Crippen LogP contribution >= 0.6 is 0 Å². The van der Waals surface area contributed by atoms with E-state index in [2.05, 4.69) is 0 Å². The lowest BCUT2D eigenvalue weighted by Gasteiger charge is -2.58. The van der Waals surface area contributed by atoms with Crippen molar-refractivity contribution in [1.29, 1.82) is 0 Å². The van der Waals surface area contributed by atoms with Crippen molar-refractivity contribution in [3.05, 3.63) is 11.1 Å². The van der Waals surface area contributed by atoms with Gasteiger partial charge in [-0.3, -0.25) is 14.4 Å². The molecular formula is C37H52O16. The van der Waals surface area contributed by atoms with Crippen LogP contribution in [0.2, 0.25) is 0 Å². The van der Waals surface area contributed by atoms with Crippen molar-refractivity contribution >= 4 is 42.2 Å². The number of carbonyl (C=O) groups is 7. The molecule has 53 heavy (non-hydrogen) atoms. The molecule has 1 heterocycles. The highest BCUT2D eigenvalue weighted by atomic mass is 16.8. The van der Waals surface area contributed by atoms with Gasteiger partial charge in [0.25, 0.3) is 0 Å². The van der Waals surface area contributed by atoms with Crippen molar-refractivity contribution in [3.63, 3.8) is 0 Å². The summed E-state index contributed by atoms with van der Waals surface area (Å²) in [5, 5.41) is 0. The molecule has 4 rings (SSSR count). The Morgan fingerprint density at radius 1 is 0.717 bits per heavy atom. The first-order chi connectivity index (χ1) is 23.9. The molecule has 3 fully saturated rings. The second-order valence-corrected chi connectivity index (χ2v) is 17.7. The van der Waals surface area contributed by atoms with Gasteiger partial charge in [-0.2, -0.15) is 0 Å². The molecule has 3 aliphatic carbocycles. The lowest BCUT2D eigenvalue weighted by atomic mass is 9.48. The molecule has 1 saturated heterocycles. The van der Waals surface area contributed by atoms with Gasteiger partial charge in [-0.05, 0) is 87.3 Å².